The van der Waals surface area contributed by atoms with Gasteiger partial charge in [0.05, 0.1) is 5.57 Å². The van der Waals surface area contributed by atoms with Gasteiger partial charge in [-0.05, 0) is 41.5 Å². The molecule has 3 rings (SSSR count). The van der Waals surface area contributed by atoms with E-state index >= 15 is 0 Å². The summed E-state index contributed by atoms with van der Waals surface area (Å²) in [5.74, 6) is -3.48. The van der Waals surface area contributed by atoms with Crippen molar-refractivity contribution in [2.24, 2.45) is 0 Å². The molecule has 0 spiro atoms. The van der Waals surface area contributed by atoms with Crippen LogP contribution in [0.25, 0.3) is 16.7 Å². The van der Waals surface area contributed by atoms with Crippen molar-refractivity contribution in [1.82, 2.24) is 0 Å². The monoisotopic (exact) mass is 366 g/mol. The molecule has 2 aromatic carbocycles. The Hall–Kier alpha value is -2.74. The lowest BCUT2D eigenvalue weighted by Crippen LogP contribution is -2.04. The molecule has 25 heavy (non-hydrogen) atoms. The van der Waals surface area contributed by atoms with E-state index in [-0.39, 0.29) is 28.9 Å². The SMILES string of the molecule is CS(=O)(=O)c1c(O)cc(C2=CCOC2=O)cc1-c1ccc(F)c(F)c1. The second-order valence-electron chi connectivity index (χ2n) is 5.49. The molecule has 1 aliphatic heterocycles. The fraction of sp³-hybridized carbons (Fsp3) is 0.118. The average Bonchev–Trinajstić information content (AvgIpc) is 2.94. The summed E-state index contributed by atoms with van der Waals surface area (Å²) in [5, 5.41) is 10.2. The standard InChI is InChI=1S/C17H12F2O5S/c1-25(22,23)16-12(9-2-3-13(18)14(19)7-9)6-10(8-15(16)20)11-4-5-24-17(11)21/h2-4,6-8,20H,5H2,1H3. The summed E-state index contributed by atoms with van der Waals surface area (Å²) in [5.41, 5.74) is 0.367. The van der Waals surface area contributed by atoms with E-state index in [1.54, 1.807) is 0 Å². The molecule has 5 nitrogen and oxygen atoms in total. The van der Waals surface area contributed by atoms with E-state index < -0.39 is 38.1 Å². The Bertz CT molecular complexity index is 1030. The number of carbonyl (C=O) groups is 1. The van der Waals surface area contributed by atoms with E-state index in [1.165, 1.54) is 18.2 Å². The number of hydrogen-bond donors (Lipinski definition) is 1. The molecule has 2 aromatic rings. The summed E-state index contributed by atoms with van der Waals surface area (Å²) < 4.78 is 55.7. The molecule has 0 bridgehead atoms. The van der Waals surface area contributed by atoms with Gasteiger partial charge < -0.3 is 9.84 Å². The third-order valence-electron chi connectivity index (χ3n) is 3.70. The Morgan fingerprint density at radius 2 is 1.80 bits per heavy atom. The van der Waals surface area contributed by atoms with E-state index in [2.05, 4.69) is 0 Å². The molecular formula is C17H12F2O5S. The average molecular weight is 366 g/mol. The van der Waals surface area contributed by atoms with Crippen molar-refractivity contribution in [2.75, 3.05) is 12.9 Å². The minimum absolute atomic E-state index is 0.0444. The fourth-order valence-electron chi connectivity index (χ4n) is 2.63. The third-order valence-corrected chi connectivity index (χ3v) is 4.87. The number of benzene rings is 2. The molecule has 0 atom stereocenters. The van der Waals surface area contributed by atoms with Gasteiger partial charge in [-0.15, -0.1) is 0 Å². The van der Waals surface area contributed by atoms with Crippen LogP contribution >= 0.6 is 0 Å². The lowest BCUT2D eigenvalue weighted by Gasteiger charge is -2.13. The number of esters is 1. The number of aromatic hydroxyl groups is 1. The van der Waals surface area contributed by atoms with Crippen LogP contribution in [0.5, 0.6) is 5.75 Å². The number of halogens is 2. The largest absolute Gasteiger partial charge is 0.507 e. The molecule has 0 amide bonds. The molecule has 130 valence electrons. The predicted octanol–water partition coefficient (Wildman–Crippen LogP) is 2.68. The molecule has 1 aliphatic rings. The Morgan fingerprint density at radius 3 is 2.36 bits per heavy atom. The molecule has 0 aliphatic carbocycles. The summed E-state index contributed by atoms with van der Waals surface area (Å²) in [6.45, 7) is 0.0588. The number of phenols is 1. The maximum Gasteiger partial charge on any atom is 0.338 e. The first-order chi connectivity index (χ1) is 11.7. The maximum absolute atomic E-state index is 13.6. The zero-order valence-corrected chi connectivity index (χ0v) is 13.7. The van der Waals surface area contributed by atoms with Gasteiger partial charge in [0, 0.05) is 11.8 Å². The van der Waals surface area contributed by atoms with Crippen LogP contribution < -0.4 is 0 Å². The summed E-state index contributed by atoms with van der Waals surface area (Å²) in [6, 6.07) is 5.31. The van der Waals surface area contributed by atoms with Crippen LogP contribution in [0.1, 0.15) is 5.56 Å². The number of rotatable bonds is 3. The lowest BCUT2D eigenvalue weighted by atomic mass is 9.98. The second kappa shape index (κ2) is 5.96. The van der Waals surface area contributed by atoms with Gasteiger partial charge >= 0.3 is 5.97 Å². The van der Waals surface area contributed by atoms with Gasteiger partial charge in [-0.2, -0.15) is 0 Å². The highest BCUT2D eigenvalue weighted by Gasteiger charge is 2.25. The Balaban J connectivity index is 2.31. The lowest BCUT2D eigenvalue weighted by molar-refractivity contribution is -0.133. The molecule has 0 fully saturated rings. The van der Waals surface area contributed by atoms with Crippen LogP contribution in [0.2, 0.25) is 0 Å². The van der Waals surface area contributed by atoms with Crippen LogP contribution in [0.15, 0.2) is 41.3 Å². The van der Waals surface area contributed by atoms with E-state index in [0.29, 0.717) is 0 Å². The van der Waals surface area contributed by atoms with Gasteiger partial charge in [-0.25, -0.2) is 22.0 Å². The van der Waals surface area contributed by atoms with Crippen LogP contribution in [0.4, 0.5) is 8.78 Å². The van der Waals surface area contributed by atoms with Crippen molar-refractivity contribution in [2.45, 2.75) is 4.90 Å². The molecule has 0 saturated carbocycles. The Morgan fingerprint density at radius 1 is 1.08 bits per heavy atom. The predicted molar refractivity (Wildman–Crippen MR) is 85.5 cm³/mol. The third kappa shape index (κ3) is 3.12. The molecule has 0 aromatic heterocycles. The van der Waals surface area contributed by atoms with Crippen LogP contribution in [0.3, 0.4) is 0 Å². The molecule has 1 N–H and O–H groups in total. The van der Waals surface area contributed by atoms with Crippen LogP contribution in [-0.2, 0) is 19.4 Å². The molecule has 1 heterocycles. The fourth-order valence-corrected chi connectivity index (χ4v) is 3.65. The maximum atomic E-state index is 13.6. The van der Waals surface area contributed by atoms with E-state index in [9.17, 15) is 27.1 Å². The number of hydrogen-bond acceptors (Lipinski definition) is 5. The van der Waals surface area contributed by atoms with Crippen molar-refractivity contribution in [3.05, 3.63) is 53.6 Å². The van der Waals surface area contributed by atoms with Crippen LogP contribution in [-0.4, -0.2) is 32.4 Å². The summed E-state index contributed by atoms with van der Waals surface area (Å²) in [4.78, 5) is 11.3. The molecule has 0 radical (unpaired) electrons. The van der Waals surface area contributed by atoms with E-state index in [1.807, 2.05) is 0 Å². The van der Waals surface area contributed by atoms with Gasteiger partial charge in [0.25, 0.3) is 0 Å². The van der Waals surface area contributed by atoms with Gasteiger partial charge in [-0.1, -0.05) is 6.07 Å². The normalized spacial score (nSPS) is 14.4. The summed E-state index contributed by atoms with van der Waals surface area (Å²) >= 11 is 0. The van der Waals surface area contributed by atoms with Crippen molar-refractivity contribution in [3.63, 3.8) is 0 Å². The Labute approximate surface area is 142 Å². The highest BCUT2D eigenvalue weighted by Crippen LogP contribution is 2.38. The van der Waals surface area contributed by atoms with Gasteiger partial charge in [-0.3, -0.25) is 0 Å². The highest BCUT2D eigenvalue weighted by molar-refractivity contribution is 7.91. The van der Waals surface area contributed by atoms with Crippen LogP contribution in [0, 0.1) is 11.6 Å². The molecular weight excluding hydrogens is 354 g/mol. The van der Waals surface area contributed by atoms with E-state index in [4.69, 9.17) is 4.74 Å². The Kier molecular flexibility index (Phi) is 4.08. The van der Waals surface area contributed by atoms with Gasteiger partial charge in [0.1, 0.15) is 17.3 Å². The smallest absolute Gasteiger partial charge is 0.338 e. The van der Waals surface area contributed by atoms with Crippen molar-refractivity contribution < 1.29 is 31.8 Å². The van der Waals surface area contributed by atoms with Crippen molar-refractivity contribution in [1.29, 1.82) is 0 Å². The zero-order chi connectivity index (χ0) is 18.4. The topological polar surface area (TPSA) is 80.7 Å². The molecule has 0 unspecified atom stereocenters. The summed E-state index contributed by atoms with van der Waals surface area (Å²) in [7, 11) is -3.89. The van der Waals surface area contributed by atoms with Gasteiger partial charge in [0.2, 0.25) is 0 Å². The summed E-state index contributed by atoms with van der Waals surface area (Å²) in [6.07, 6.45) is 2.36. The van der Waals surface area contributed by atoms with Gasteiger partial charge in [0.15, 0.2) is 21.5 Å². The van der Waals surface area contributed by atoms with Crippen molar-refractivity contribution in [3.8, 4) is 16.9 Å². The van der Waals surface area contributed by atoms with E-state index in [0.717, 1.165) is 24.5 Å². The second-order valence-corrected chi connectivity index (χ2v) is 7.44. The highest BCUT2D eigenvalue weighted by atomic mass is 32.2. The minimum atomic E-state index is -3.89. The van der Waals surface area contributed by atoms with Crippen molar-refractivity contribution >= 4 is 21.4 Å². The number of ether oxygens (including phenoxy) is 1. The quantitative estimate of drug-likeness (QED) is 0.845. The zero-order valence-electron chi connectivity index (χ0n) is 12.9. The number of carbonyl (C=O) groups excluding carboxylic acids is 1. The number of cyclic esters (lactones) is 1. The minimum Gasteiger partial charge on any atom is -0.507 e. The first-order valence-corrected chi connectivity index (χ1v) is 8.98. The number of sulfone groups is 1. The first-order valence-electron chi connectivity index (χ1n) is 7.08. The molecule has 8 heteroatoms. The number of phenolic OH excluding ortho intramolecular Hbond substituents is 1. The first kappa shape index (κ1) is 17.1. The molecule has 0 saturated heterocycles.